The fourth-order valence-corrected chi connectivity index (χ4v) is 3.36. The van der Waals surface area contributed by atoms with Gasteiger partial charge < -0.3 is 20.5 Å². The second kappa shape index (κ2) is 13.0. The molecule has 2 aromatic rings. The Balaban J connectivity index is 1.93. The molecule has 2 rings (SSSR count). The Bertz CT molecular complexity index is 778. The first-order valence-electron chi connectivity index (χ1n) is 11.0. The molecular weight excluding hydrogens is 376 g/mol. The first-order valence-corrected chi connectivity index (χ1v) is 11.0. The van der Waals surface area contributed by atoms with E-state index in [9.17, 15) is 9.90 Å². The zero-order valence-corrected chi connectivity index (χ0v) is 18.5. The van der Waals surface area contributed by atoms with E-state index in [1.165, 1.54) is 18.1 Å². The van der Waals surface area contributed by atoms with Crippen LogP contribution >= 0.6 is 0 Å². The highest BCUT2D eigenvalue weighted by Gasteiger charge is 2.20. The quantitative estimate of drug-likeness (QED) is 0.440. The lowest BCUT2D eigenvalue weighted by Gasteiger charge is -2.24. The van der Waals surface area contributed by atoms with E-state index >= 15 is 0 Å². The summed E-state index contributed by atoms with van der Waals surface area (Å²) in [5.41, 5.74) is 3.51. The molecule has 0 saturated heterocycles. The molecule has 0 spiro atoms. The molecule has 0 aliphatic carbocycles. The van der Waals surface area contributed by atoms with Gasteiger partial charge in [-0.25, -0.2) is 0 Å². The lowest BCUT2D eigenvalue weighted by atomic mass is 10.0. The number of aliphatic hydroxyl groups excluding tert-OH is 1. The standard InChI is InChI=1S/C25H36N2O3/c1-4-6-13-30-23-12-8-10-21(15-23)16-24(27-19(3)28)25(29)18-26-17-22-11-7-9-20(5-2)14-22/h7-12,14-15,24-26,29H,4-6,13,16-18H2,1-3H3,(H,27,28)/t24-,25-/m0/s1. The average molecular weight is 413 g/mol. The minimum absolute atomic E-state index is 0.148. The maximum atomic E-state index is 11.7. The van der Waals surface area contributed by atoms with Gasteiger partial charge in [0.1, 0.15) is 5.75 Å². The molecule has 30 heavy (non-hydrogen) atoms. The Morgan fingerprint density at radius 3 is 2.53 bits per heavy atom. The Hall–Kier alpha value is -2.37. The third-order valence-electron chi connectivity index (χ3n) is 5.06. The van der Waals surface area contributed by atoms with Gasteiger partial charge in [-0.3, -0.25) is 4.79 Å². The third-order valence-corrected chi connectivity index (χ3v) is 5.06. The summed E-state index contributed by atoms with van der Waals surface area (Å²) >= 11 is 0. The highest BCUT2D eigenvalue weighted by Crippen LogP contribution is 2.16. The van der Waals surface area contributed by atoms with Crippen molar-refractivity contribution in [2.24, 2.45) is 0 Å². The van der Waals surface area contributed by atoms with Gasteiger partial charge in [-0.2, -0.15) is 0 Å². The minimum Gasteiger partial charge on any atom is -0.494 e. The minimum atomic E-state index is -0.701. The molecule has 0 aliphatic rings. The average Bonchev–Trinajstić information content (AvgIpc) is 2.73. The summed E-state index contributed by atoms with van der Waals surface area (Å²) < 4.78 is 5.78. The first-order chi connectivity index (χ1) is 14.5. The molecule has 0 unspecified atom stereocenters. The van der Waals surface area contributed by atoms with E-state index in [4.69, 9.17) is 4.74 Å². The van der Waals surface area contributed by atoms with Gasteiger partial charge in [0, 0.05) is 20.0 Å². The SMILES string of the molecule is CCCCOc1cccc(C[C@H](NC(C)=O)[C@@H](O)CNCc2cccc(CC)c2)c1. The topological polar surface area (TPSA) is 70.6 Å². The summed E-state index contributed by atoms with van der Waals surface area (Å²) in [5, 5.41) is 16.9. The normalized spacial score (nSPS) is 12.9. The van der Waals surface area contributed by atoms with Gasteiger partial charge >= 0.3 is 0 Å². The predicted molar refractivity (Wildman–Crippen MR) is 122 cm³/mol. The number of carbonyl (C=O) groups is 1. The smallest absolute Gasteiger partial charge is 0.217 e. The van der Waals surface area contributed by atoms with Crippen molar-refractivity contribution in [3.8, 4) is 5.75 Å². The van der Waals surface area contributed by atoms with Gasteiger partial charge in [0.2, 0.25) is 5.91 Å². The summed E-state index contributed by atoms with van der Waals surface area (Å²) in [7, 11) is 0. The van der Waals surface area contributed by atoms with E-state index in [1.807, 2.05) is 24.3 Å². The largest absolute Gasteiger partial charge is 0.494 e. The van der Waals surface area contributed by atoms with Crippen molar-refractivity contribution < 1.29 is 14.6 Å². The number of amides is 1. The molecule has 2 aromatic carbocycles. The Morgan fingerprint density at radius 1 is 1.07 bits per heavy atom. The van der Waals surface area contributed by atoms with Crippen LogP contribution in [0.3, 0.4) is 0 Å². The van der Waals surface area contributed by atoms with Crippen molar-refractivity contribution in [3.63, 3.8) is 0 Å². The monoisotopic (exact) mass is 412 g/mol. The molecule has 2 atom stereocenters. The second-order valence-electron chi connectivity index (χ2n) is 7.73. The fraction of sp³-hybridized carbons (Fsp3) is 0.480. The number of rotatable bonds is 13. The van der Waals surface area contributed by atoms with E-state index in [1.54, 1.807) is 0 Å². The van der Waals surface area contributed by atoms with Crippen LogP contribution < -0.4 is 15.4 Å². The fourth-order valence-electron chi connectivity index (χ4n) is 3.36. The maximum Gasteiger partial charge on any atom is 0.217 e. The number of ether oxygens (including phenoxy) is 1. The zero-order valence-electron chi connectivity index (χ0n) is 18.5. The van der Waals surface area contributed by atoms with Crippen LogP contribution in [0, 0.1) is 0 Å². The first kappa shape index (κ1) is 23.9. The maximum absolute atomic E-state index is 11.7. The van der Waals surface area contributed by atoms with Gasteiger partial charge in [0.25, 0.3) is 0 Å². The van der Waals surface area contributed by atoms with Crippen LogP contribution in [0.5, 0.6) is 5.75 Å². The molecule has 0 fully saturated rings. The van der Waals surface area contributed by atoms with Crippen LogP contribution in [-0.4, -0.2) is 36.3 Å². The van der Waals surface area contributed by atoms with Crippen molar-refractivity contribution in [3.05, 3.63) is 65.2 Å². The summed E-state index contributed by atoms with van der Waals surface area (Å²) in [6, 6.07) is 15.9. The number of aryl methyl sites for hydroxylation is 1. The summed E-state index contributed by atoms with van der Waals surface area (Å²) in [6.45, 7) is 7.52. The number of carbonyl (C=O) groups excluding carboxylic acids is 1. The van der Waals surface area contributed by atoms with Gasteiger partial charge in [-0.15, -0.1) is 0 Å². The molecule has 0 aromatic heterocycles. The Morgan fingerprint density at radius 2 is 1.80 bits per heavy atom. The van der Waals surface area contributed by atoms with Gasteiger partial charge in [-0.1, -0.05) is 56.7 Å². The summed E-state index contributed by atoms with van der Waals surface area (Å²) in [5.74, 6) is 0.677. The van der Waals surface area contributed by atoms with Crippen LogP contribution in [0.15, 0.2) is 48.5 Å². The highest BCUT2D eigenvalue weighted by molar-refractivity contribution is 5.73. The molecule has 0 saturated carbocycles. The predicted octanol–water partition coefficient (Wildman–Crippen LogP) is 3.63. The molecule has 0 aliphatic heterocycles. The molecule has 164 valence electrons. The number of hydrogen-bond acceptors (Lipinski definition) is 4. The van der Waals surface area contributed by atoms with Gasteiger partial charge in [0.05, 0.1) is 18.8 Å². The molecular formula is C25H36N2O3. The summed E-state index contributed by atoms with van der Waals surface area (Å²) in [4.78, 5) is 11.7. The number of nitrogens with one attached hydrogen (secondary N) is 2. The Kier molecular flexibility index (Phi) is 10.4. The van der Waals surface area contributed by atoms with E-state index in [2.05, 4.69) is 48.7 Å². The third kappa shape index (κ3) is 8.56. The van der Waals surface area contributed by atoms with E-state index < -0.39 is 6.10 Å². The van der Waals surface area contributed by atoms with Gasteiger partial charge in [-0.05, 0) is 48.1 Å². The van der Waals surface area contributed by atoms with Crippen molar-refractivity contribution in [2.75, 3.05) is 13.2 Å². The van der Waals surface area contributed by atoms with Crippen LogP contribution in [0.1, 0.15) is 50.3 Å². The van der Waals surface area contributed by atoms with Crippen molar-refractivity contribution >= 4 is 5.91 Å². The van der Waals surface area contributed by atoms with Crippen molar-refractivity contribution in [1.82, 2.24) is 10.6 Å². The molecule has 3 N–H and O–H groups in total. The van der Waals surface area contributed by atoms with E-state index in [0.717, 1.165) is 30.6 Å². The zero-order chi connectivity index (χ0) is 21.8. The van der Waals surface area contributed by atoms with E-state index in [-0.39, 0.29) is 11.9 Å². The lowest BCUT2D eigenvalue weighted by molar-refractivity contribution is -0.120. The molecule has 0 bridgehead atoms. The molecule has 0 heterocycles. The van der Waals surface area contributed by atoms with Crippen LogP contribution in [0.4, 0.5) is 0 Å². The van der Waals surface area contributed by atoms with Crippen LogP contribution in [-0.2, 0) is 24.2 Å². The number of benzene rings is 2. The molecule has 5 nitrogen and oxygen atoms in total. The number of aliphatic hydroxyl groups is 1. The van der Waals surface area contributed by atoms with Crippen molar-refractivity contribution in [1.29, 1.82) is 0 Å². The molecule has 0 radical (unpaired) electrons. The molecule has 1 amide bonds. The Labute approximate surface area is 180 Å². The molecule has 5 heteroatoms. The van der Waals surface area contributed by atoms with Crippen LogP contribution in [0.2, 0.25) is 0 Å². The highest BCUT2D eigenvalue weighted by atomic mass is 16.5. The second-order valence-corrected chi connectivity index (χ2v) is 7.73. The van der Waals surface area contributed by atoms with Crippen molar-refractivity contribution in [2.45, 2.75) is 65.1 Å². The lowest BCUT2D eigenvalue weighted by Crippen LogP contribution is -2.48. The number of hydrogen-bond donors (Lipinski definition) is 3. The number of unbranched alkanes of at least 4 members (excludes halogenated alkanes) is 1. The summed E-state index contributed by atoms with van der Waals surface area (Å²) in [6.07, 6.45) is 2.95. The van der Waals surface area contributed by atoms with Gasteiger partial charge in [0.15, 0.2) is 0 Å². The van der Waals surface area contributed by atoms with Crippen LogP contribution in [0.25, 0.3) is 0 Å². The van der Waals surface area contributed by atoms with E-state index in [0.29, 0.717) is 26.1 Å².